The van der Waals surface area contributed by atoms with Crippen molar-refractivity contribution in [3.8, 4) is 0 Å². The smallest absolute Gasteiger partial charge is 0.253 e. The van der Waals surface area contributed by atoms with Crippen molar-refractivity contribution in [3.05, 3.63) is 33.8 Å². The first-order chi connectivity index (χ1) is 8.81. The van der Waals surface area contributed by atoms with Gasteiger partial charge in [-0.25, -0.2) is 0 Å². The van der Waals surface area contributed by atoms with Gasteiger partial charge in [0.25, 0.3) is 5.91 Å². The minimum atomic E-state index is -1.38. The highest BCUT2D eigenvalue weighted by Crippen LogP contribution is 2.24. The lowest BCUT2D eigenvalue weighted by Gasteiger charge is -2.28. The molecule has 0 aliphatic rings. The van der Waals surface area contributed by atoms with Crippen molar-refractivity contribution in [2.45, 2.75) is 31.9 Å². The number of aliphatic hydroxyl groups excluding tert-OH is 2. The molecule has 0 bridgehead atoms. The minimum absolute atomic E-state index is 0.210. The summed E-state index contributed by atoms with van der Waals surface area (Å²) in [5.41, 5.74) is -0.452. The standard InChI is InChI=1S/C13H17Cl2NO3/c1-3-13(2,7-17)16-12(19)11(18)8-4-9(14)6-10(15)5-8/h4-6,11,17-18H,3,7H2,1-2H3,(H,16,19)/t11-,13+/m0/s1. The molecule has 106 valence electrons. The molecule has 0 unspecified atom stereocenters. The van der Waals surface area contributed by atoms with Gasteiger partial charge in [-0.2, -0.15) is 0 Å². The Hall–Kier alpha value is -0.810. The Morgan fingerprint density at radius 1 is 1.37 bits per heavy atom. The van der Waals surface area contributed by atoms with E-state index in [0.29, 0.717) is 22.0 Å². The molecular weight excluding hydrogens is 289 g/mol. The van der Waals surface area contributed by atoms with Crippen LogP contribution < -0.4 is 5.32 Å². The molecule has 0 aliphatic carbocycles. The summed E-state index contributed by atoms with van der Waals surface area (Å²) >= 11 is 11.6. The summed E-state index contributed by atoms with van der Waals surface area (Å²) in [6.45, 7) is 3.32. The van der Waals surface area contributed by atoms with Crippen LogP contribution in [0.4, 0.5) is 0 Å². The second kappa shape index (κ2) is 6.57. The van der Waals surface area contributed by atoms with Crippen molar-refractivity contribution in [1.29, 1.82) is 0 Å². The molecule has 0 saturated carbocycles. The third-order valence-corrected chi connectivity index (χ3v) is 3.44. The van der Waals surface area contributed by atoms with Gasteiger partial charge in [0.15, 0.2) is 6.10 Å². The Labute approximate surface area is 122 Å². The van der Waals surface area contributed by atoms with Crippen LogP contribution in [0, 0.1) is 0 Å². The van der Waals surface area contributed by atoms with E-state index in [4.69, 9.17) is 23.2 Å². The lowest BCUT2D eigenvalue weighted by molar-refractivity contribution is -0.132. The van der Waals surface area contributed by atoms with Crippen molar-refractivity contribution in [2.75, 3.05) is 6.61 Å². The number of halogens is 2. The zero-order valence-corrected chi connectivity index (χ0v) is 12.3. The number of hydrogen-bond acceptors (Lipinski definition) is 3. The molecule has 0 aliphatic heterocycles. The molecule has 1 rings (SSSR count). The van der Waals surface area contributed by atoms with E-state index >= 15 is 0 Å². The fraction of sp³-hybridized carbons (Fsp3) is 0.462. The zero-order chi connectivity index (χ0) is 14.6. The SMILES string of the molecule is CC[C@](C)(CO)NC(=O)[C@@H](O)c1cc(Cl)cc(Cl)c1. The maximum Gasteiger partial charge on any atom is 0.253 e. The first-order valence-electron chi connectivity index (χ1n) is 5.88. The van der Waals surface area contributed by atoms with Crippen molar-refractivity contribution >= 4 is 29.1 Å². The highest BCUT2D eigenvalue weighted by molar-refractivity contribution is 6.34. The normalized spacial score (nSPS) is 15.7. The molecule has 6 heteroatoms. The van der Waals surface area contributed by atoms with Gasteiger partial charge in [0, 0.05) is 10.0 Å². The molecule has 1 aromatic carbocycles. The van der Waals surface area contributed by atoms with Crippen LogP contribution in [0.5, 0.6) is 0 Å². The maximum atomic E-state index is 11.9. The number of nitrogens with one attached hydrogen (secondary N) is 1. The van der Waals surface area contributed by atoms with E-state index in [2.05, 4.69) is 5.32 Å². The molecule has 1 aromatic rings. The molecule has 2 atom stereocenters. The molecule has 0 radical (unpaired) electrons. The van der Waals surface area contributed by atoms with E-state index in [9.17, 15) is 15.0 Å². The average molecular weight is 306 g/mol. The first kappa shape index (κ1) is 16.2. The second-order valence-electron chi connectivity index (χ2n) is 4.67. The summed E-state index contributed by atoms with van der Waals surface area (Å²) in [4.78, 5) is 11.9. The van der Waals surface area contributed by atoms with Crippen LogP contribution in [0.2, 0.25) is 10.0 Å². The molecule has 0 spiro atoms. The van der Waals surface area contributed by atoms with Crippen LogP contribution in [0.25, 0.3) is 0 Å². The maximum absolute atomic E-state index is 11.9. The Morgan fingerprint density at radius 3 is 2.32 bits per heavy atom. The van der Waals surface area contributed by atoms with Gasteiger partial charge in [-0.3, -0.25) is 4.79 Å². The third kappa shape index (κ3) is 4.35. The quantitative estimate of drug-likeness (QED) is 0.782. The largest absolute Gasteiger partial charge is 0.394 e. The van der Waals surface area contributed by atoms with Crippen LogP contribution in [-0.4, -0.2) is 28.3 Å². The fourth-order valence-electron chi connectivity index (χ4n) is 1.49. The molecule has 3 N–H and O–H groups in total. The van der Waals surface area contributed by atoms with Gasteiger partial charge in [0.1, 0.15) is 0 Å². The van der Waals surface area contributed by atoms with E-state index in [0.717, 1.165) is 0 Å². The summed E-state index contributed by atoms with van der Waals surface area (Å²) in [7, 11) is 0. The number of hydrogen-bond donors (Lipinski definition) is 3. The Morgan fingerprint density at radius 2 is 1.89 bits per heavy atom. The van der Waals surface area contributed by atoms with Gasteiger partial charge in [-0.1, -0.05) is 30.1 Å². The average Bonchev–Trinajstić information content (AvgIpc) is 2.36. The highest BCUT2D eigenvalue weighted by Gasteiger charge is 2.27. The molecule has 1 amide bonds. The van der Waals surface area contributed by atoms with E-state index in [1.165, 1.54) is 18.2 Å². The van der Waals surface area contributed by atoms with E-state index in [1.807, 2.05) is 6.92 Å². The van der Waals surface area contributed by atoms with E-state index < -0.39 is 17.6 Å². The lowest BCUT2D eigenvalue weighted by atomic mass is 9.99. The monoisotopic (exact) mass is 305 g/mol. The van der Waals surface area contributed by atoms with E-state index in [1.54, 1.807) is 6.92 Å². The topological polar surface area (TPSA) is 69.6 Å². The van der Waals surface area contributed by atoms with Crippen LogP contribution >= 0.6 is 23.2 Å². The minimum Gasteiger partial charge on any atom is -0.394 e. The van der Waals surface area contributed by atoms with Crippen molar-refractivity contribution in [1.82, 2.24) is 5.32 Å². The molecule has 4 nitrogen and oxygen atoms in total. The number of rotatable bonds is 5. The summed E-state index contributed by atoms with van der Waals surface area (Å²) in [6, 6.07) is 4.46. The lowest BCUT2D eigenvalue weighted by Crippen LogP contribution is -2.50. The fourth-order valence-corrected chi connectivity index (χ4v) is 2.03. The van der Waals surface area contributed by atoms with Crippen LogP contribution in [0.1, 0.15) is 31.9 Å². The number of aliphatic hydroxyl groups is 2. The molecule has 19 heavy (non-hydrogen) atoms. The summed E-state index contributed by atoms with van der Waals surface area (Å²) in [5.74, 6) is -0.600. The zero-order valence-electron chi connectivity index (χ0n) is 10.8. The van der Waals surface area contributed by atoms with Gasteiger partial charge >= 0.3 is 0 Å². The van der Waals surface area contributed by atoms with Gasteiger partial charge < -0.3 is 15.5 Å². The van der Waals surface area contributed by atoms with Crippen LogP contribution in [-0.2, 0) is 4.79 Å². The van der Waals surface area contributed by atoms with Gasteiger partial charge in [0.05, 0.1) is 12.1 Å². The number of carbonyl (C=O) groups is 1. The van der Waals surface area contributed by atoms with Crippen molar-refractivity contribution in [2.24, 2.45) is 0 Å². The molecule has 0 aromatic heterocycles. The van der Waals surface area contributed by atoms with E-state index in [-0.39, 0.29) is 6.61 Å². The van der Waals surface area contributed by atoms with Crippen LogP contribution in [0.15, 0.2) is 18.2 Å². The van der Waals surface area contributed by atoms with Gasteiger partial charge in [0.2, 0.25) is 0 Å². The number of amides is 1. The number of carbonyl (C=O) groups excluding carboxylic acids is 1. The predicted molar refractivity (Wildman–Crippen MR) is 75.3 cm³/mol. The summed E-state index contributed by atoms with van der Waals surface area (Å²) in [6.07, 6.45) is -0.841. The van der Waals surface area contributed by atoms with Gasteiger partial charge in [-0.05, 0) is 37.1 Å². The summed E-state index contributed by atoms with van der Waals surface area (Å²) < 4.78 is 0. The molecule has 0 saturated heterocycles. The first-order valence-corrected chi connectivity index (χ1v) is 6.64. The third-order valence-electron chi connectivity index (χ3n) is 3.00. The Bertz CT molecular complexity index is 441. The van der Waals surface area contributed by atoms with Gasteiger partial charge in [-0.15, -0.1) is 0 Å². The van der Waals surface area contributed by atoms with Crippen LogP contribution in [0.3, 0.4) is 0 Å². The number of benzene rings is 1. The highest BCUT2D eigenvalue weighted by atomic mass is 35.5. The molecular formula is C13H17Cl2NO3. The van der Waals surface area contributed by atoms with Crippen molar-refractivity contribution in [3.63, 3.8) is 0 Å². The molecule has 0 heterocycles. The van der Waals surface area contributed by atoms with Crippen molar-refractivity contribution < 1.29 is 15.0 Å². The second-order valence-corrected chi connectivity index (χ2v) is 5.54. The predicted octanol–water partition coefficient (Wildman–Crippen LogP) is 2.30. The Balaban J connectivity index is 2.87. The Kier molecular flexibility index (Phi) is 5.62. The summed E-state index contributed by atoms with van der Waals surface area (Å²) in [5, 5.41) is 22.5. The molecule has 0 fully saturated rings.